The molecule has 4 heteroatoms. The molecule has 0 saturated heterocycles. The summed E-state index contributed by atoms with van der Waals surface area (Å²) in [5.74, 6) is 0.910. The minimum absolute atomic E-state index is 0.670. The second kappa shape index (κ2) is 5.05. The summed E-state index contributed by atoms with van der Waals surface area (Å²) in [6, 6.07) is 8.12. The number of likely N-dealkylation sites (N-methyl/N-ethyl adjacent to an activating group) is 1. The van der Waals surface area contributed by atoms with Crippen LogP contribution in [0.3, 0.4) is 0 Å². The van der Waals surface area contributed by atoms with Gasteiger partial charge in [-0.25, -0.2) is 0 Å². The Hall–Kier alpha value is -1.81. The number of hydrogen-bond acceptors (Lipinski definition) is 3. The van der Waals surface area contributed by atoms with Gasteiger partial charge in [-0.1, -0.05) is 12.1 Å². The third-order valence-corrected chi connectivity index (χ3v) is 3.57. The first-order chi connectivity index (χ1) is 9.29. The number of aromatic nitrogens is 2. The maximum absolute atomic E-state index is 5.71. The SMILES string of the molecule is CCOc1ccccc1-c1n[nH]c2c1CN(C)CC2. The number of H-pyrrole nitrogens is 1. The summed E-state index contributed by atoms with van der Waals surface area (Å²) >= 11 is 0. The number of rotatable bonds is 3. The summed E-state index contributed by atoms with van der Waals surface area (Å²) in [5, 5.41) is 7.70. The van der Waals surface area contributed by atoms with Gasteiger partial charge in [0.05, 0.1) is 6.61 Å². The molecule has 1 aromatic carbocycles. The van der Waals surface area contributed by atoms with Gasteiger partial charge >= 0.3 is 0 Å². The van der Waals surface area contributed by atoms with E-state index in [-0.39, 0.29) is 0 Å². The normalized spacial score (nSPS) is 15.3. The fourth-order valence-electron chi connectivity index (χ4n) is 2.60. The van der Waals surface area contributed by atoms with Crippen LogP contribution >= 0.6 is 0 Å². The Balaban J connectivity index is 2.05. The van der Waals surface area contributed by atoms with Crippen molar-refractivity contribution in [3.63, 3.8) is 0 Å². The van der Waals surface area contributed by atoms with Crippen molar-refractivity contribution in [2.45, 2.75) is 19.9 Å². The van der Waals surface area contributed by atoms with Gasteiger partial charge in [-0.3, -0.25) is 5.10 Å². The lowest BCUT2D eigenvalue weighted by Gasteiger charge is -2.22. The van der Waals surface area contributed by atoms with Gasteiger partial charge in [0.2, 0.25) is 0 Å². The number of nitrogens with one attached hydrogen (secondary N) is 1. The lowest BCUT2D eigenvalue weighted by Crippen LogP contribution is -2.26. The molecule has 0 amide bonds. The highest BCUT2D eigenvalue weighted by Gasteiger charge is 2.22. The van der Waals surface area contributed by atoms with E-state index >= 15 is 0 Å². The van der Waals surface area contributed by atoms with E-state index < -0.39 is 0 Å². The Morgan fingerprint density at radius 3 is 3.05 bits per heavy atom. The molecule has 0 bridgehead atoms. The van der Waals surface area contributed by atoms with Crippen LogP contribution in [0.4, 0.5) is 0 Å². The van der Waals surface area contributed by atoms with Gasteiger partial charge in [-0.2, -0.15) is 5.10 Å². The highest BCUT2D eigenvalue weighted by molar-refractivity contribution is 5.70. The maximum Gasteiger partial charge on any atom is 0.128 e. The van der Waals surface area contributed by atoms with E-state index in [1.165, 1.54) is 11.3 Å². The standard InChI is InChI=1S/C15H19N3O/c1-3-19-14-7-5-4-6-11(14)15-12-10-18(2)9-8-13(12)16-17-15/h4-7H,3,8-10H2,1-2H3,(H,16,17). The van der Waals surface area contributed by atoms with Gasteiger partial charge in [-0.05, 0) is 26.1 Å². The predicted octanol–water partition coefficient (Wildman–Crippen LogP) is 2.46. The number of ether oxygens (including phenoxy) is 1. The van der Waals surface area contributed by atoms with Crippen LogP contribution in [-0.2, 0) is 13.0 Å². The molecule has 0 radical (unpaired) electrons. The third kappa shape index (κ3) is 2.24. The molecule has 100 valence electrons. The topological polar surface area (TPSA) is 41.1 Å². The minimum atomic E-state index is 0.670. The molecule has 0 aliphatic carbocycles. The Morgan fingerprint density at radius 2 is 2.21 bits per heavy atom. The molecule has 2 aromatic rings. The lowest BCUT2D eigenvalue weighted by atomic mass is 10.0. The van der Waals surface area contributed by atoms with Crippen molar-refractivity contribution in [1.29, 1.82) is 0 Å². The zero-order valence-electron chi connectivity index (χ0n) is 11.4. The first-order valence-electron chi connectivity index (χ1n) is 6.76. The number of nitrogens with zero attached hydrogens (tertiary/aromatic N) is 2. The molecule has 1 aliphatic rings. The van der Waals surface area contributed by atoms with E-state index in [0.717, 1.165) is 36.5 Å². The summed E-state index contributed by atoms with van der Waals surface area (Å²) in [4.78, 5) is 2.32. The smallest absolute Gasteiger partial charge is 0.128 e. The van der Waals surface area contributed by atoms with Crippen molar-refractivity contribution in [1.82, 2.24) is 15.1 Å². The molecule has 3 rings (SSSR count). The Bertz CT molecular complexity index is 577. The van der Waals surface area contributed by atoms with Gasteiger partial charge in [0.1, 0.15) is 11.4 Å². The minimum Gasteiger partial charge on any atom is -0.493 e. The first-order valence-corrected chi connectivity index (χ1v) is 6.76. The number of aromatic amines is 1. The zero-order chi connectivity index (χ0) is 13.2. The molecular formula is C15H19N3O. The van der Waals surface area contributed by atoms with Crippen LogP contribution in [0.5, 0.6) is 5.75 Å². The largest absolute Gasteiger partial charge is 0.493 e. The van der Waals surface area contributed by atoms with Crippen LogP contribution in [0.2, 0.25) is 0 Å². The second-order valence-electron chi connectivity index (χ2n) is 4.95. The quantitative estimate of drug-likeness (QED) is 0.918. The van der Waals surface area contributed by atoms with Crippen LogP contribution in [0.15, 0.2) is 24.3 Å². The first kappa shape index (κ1) is 12.2. The lowest BCUT2D eigenvalue weighted by molar-refractivity contribution is 0.312. The Morgan fingerprint density at radius 1 is 1.37 bits per heavy atom. The fraction of sp³-hybridized carbons (Fsp3) is 0.400. The van der Waals surface area contributed by atoms with Gasteiger partial charge in [0.25, 0.3) is 0 Å². The van der Waals surface area contributed by atoms with Crippen LogP contribution in [-0.4, -0.2) is 35.3 Å². The predicted molar refractivity (Wildman–Crippen MR) is 75.2 cm³/mol. The summed E-state index contributed by atoms with van der Waals surface area (Å²) in [6.07, 6.45) is 1.04. The summed E-state index contributed by atoms with van der Waals surface area (Å²) in [7, 11) is 2.15. The van der Waals surface area contributed by atoms with Crippen molar-refractivity contribution >= 4 is 0 Å². The van der Waals surface area contributed by atoms with E-state index in [2.05, 4.69) is 28.2 Å². The average Bonchev–Trinajstić information content (AvgIpc) is 2.82. The molecule has 2 heterocycles. The second-order valence-corrected chi connectivity index (χ2v) is 4.95. The molecule has 1 aromatic heterocycles. The van der Waals surface area contributed by atoms with Crippen molar-refractivity contribution in [2.75, 3.05) is 20.2 Å². The van der Waals surface area contributed by atoms with Crippen LogP contribution in [0.1, 0.15) is 18.2 Å². The molecule has 0 atom stereocenters. The van der Waals surface area contributed by atoms with Crippen molar-refractivity contribution < 1.29 is 4.74 Å². The molecule has 0 unspecified atom stereocenters. The zero-order valence-corrected chi connectivity index (χ0v) is 11.4. The molecule has 0 spiro atoms. The van der Waals surface area contributed by atoms with Crippen LogP contribution < -0.4 is 4.74 Å². The maximum atomic E-state index is 5.71. The molecule has 4 nitrogen and oxygen atoms in total. The number of para-hydroxylation sites is 1. The molecule has 19 heavy (non-hydrogen) atoms. The molecule has 1 N–H and O–H groups in total. The van der Waals surface area contributed by atoms with Crippen LogP contribution in [0.25, 0.3) is 11.3 Å². The Labute approximate surface area is 113 Å². The number of hydrogen-bond donors (Lipinski definition) is 1. The van der Waals surface area contributed by atoms with E-state index in [4.69, 9.17) is 4.74 Å². The van der Waals surface area contributed by atoms with Crippen molar-refractivity contribution in [2.24, 2.45) is 0 Å². The molecular weight excluding hydrogens is 238 g/mol. The average molecular weight is 257 g/mol. The van der Waals surface area contributed by atoms with E-state index in [1.807, 2.05) is 25.1 Å². The fourth-order valence-corrected chi connectivity index (χ4v) is 2.60. The monoisotopic (exact) mass is 257 g/mol. The van der Waals surface area contributed by atoms with Gasteiger partial charge in [-0.15, -0.1) is 0 Å². The van der Waals surface area contributed by atoms with Gasteiger partial charge < -0.3 is 9.64 Å². The highest BCUT2D eigenvalue weighted by Crippen LogP contribution is 2.33. The number of fused-ring (bicyclic) bond motifs is 1. The Kier molecular flexibility index (Phi) is 3.25. The van der Waals surface area contributed by atoms with Crippen LogP contribution in [0, 0.1) is 0 Å². The van der Waals surface area contributed by atoms with Gasteiger partial charge in [0, 0.05) is 36.3 Å². The summed E-state index contributed by atoms with van der Waals surface area (Å²) < 4.78 is 5.71. The molecule has 1 aliphatic heterocycles. The van der Waals surface area contributed by atoms with Crippen molar-refractivity contribution in [3.05, 3.63) is 35.5 Å². The van der Waals surface area contributed by atoms with E-state index in [1.54, 1.807) is 0 Å². The summed E-state index contributed by atoms with van der Waals surface area (Å²) in [5.41, 5.74) is 4.68. The summed E-state index contributed by atoms with van der Waals surface area (Å²) in [6.45, 7) is 4.71. The van der Waals surface area contributed by atoms with Gasteiger partial charge in [0.15, 0.2) is 0 Å². The van der Waals surface area contributed by atoms with E-state index in [9.17, 15) is 0 Å². The molecule has 0 fully saturated rings. The van der Waals surface area contributed by atoms with Crippen molar-refractivity contribution in [3.8, 4) is 17.0 Å². The highest BCUT2D eigenvalue weighted by atomic mass is 16.5. The molecule has 0 saturated carbocycles. The van der Waals surface area contributed by atoms with E-state index in [0.29, 0.717) is 6.61 Å². The third-order valence-electron chi connectivity index (χ3n) is 3.57. The number of benzene rings is 1.